The standard InChI is InChI=1S/C25H26N6OS/c1-26-25-29-16-23(33-25)18-3-4-19-15-28-21(12-20(19)11-18)14-22(32)17-5-6-27-24(13-17)31-9-7-30(2)8-10-31/h3-6,11-13,15-16H,7-10,14H2,1-2H3,(H,26,29). The zero-order chi connectivity index (χ0) is 22.8. The van der Waals surface area contributed by atoms with Gasteiger partial charge in [-0.3, -0.25) is 9.78 Å². The van der Waals surface area contributed by atoms with Crippen LogP contribution in [0.1, 0.15) is 16.1 Å². The van der Waals surface area contributed by atoms with Gasteiger partial charge in [0.2, 0.25) is 0 Å². The van der Waals surface area contributed by atoms with Crippen LogP contribution in [0.25, 0.3) is 21.2 Å². The van der Waals surface area contributed by atoms with E-state index in [1.165, 1.54) is 0 Å². The van der Waals surface area contributed by atoms with Crippen LogP contribution in [0.3, 0.4) is 0 Å². The number of carbonyl (C=O) groups is 1. The number of fused-ring (bicyclic) bond motifs is 1. The van der Waals surface area contributed by atoms with Gasteiger partial charge in [-0.05, 0) is 42.3 Å². The van der Waals surface area contributed by atoms with Crippen LogP contribution < -0.4 is 10.2 Å². The van der Waals surface area contributed by atoms with Gasteiger partial charge in [-0.1, -0.05) is 23.5 Å². The number of ketones is 1. The van der Waals surface area contributed by atoms with Crippen LogP contribution >= 0.6 is 11.3 Å². The van der Waals surface area contributed by atoms with Crippen molar-refractivity contribution >= 4 is 38.8 Å². The Morgan fingerprint density at radius 3 is 2.64 bits per heavy atom. The highest BCUT2D eigenvalue weighted by Gasteiger charge is 2.17. The topological polar surface area (TPSA) is 74.2 Å². The maximum absolute atomic E-state index is 13.1. The van der Waals surface area contributed by atoms with E-state index in [-0.39, 0.29) is 12.2 Å². The molecule has 168 valence electrons. The third-order valence-electron chi connectivity index (χ3n) is 6.02. The number of hydrogen-bond donors (Lipinski definition) is 1. The number of piperazine rings is 1. The number of thiazole rings is 1. The molecule has 5 rings (SSSR count). The Bertz CT molecular complexity index is 1300. The molecule has 0 saturated carbocycles. The van der Waals surface area contributed by atoms with E-state index in [1.54, 1.807) is 23.6 Å². The smallest absolute Gasteiger partial charge is 0.182 e. The molecule has 0 bridgehead atoms. The first kappa shape index (κ1) is 21.5. The molecule has 0 spiro atoms. The molecule has 1 aliphatic rings. The van der Waals surface area contributed by atoms with Crippen LogP contribution in [-0.2, 0) is 6.42 Å². The number of rotatable bonds is 6. The second-order valence-electron chi connectivity index (χ2n) is 8.31. The normalized spacial score (nSPS) is 14.5. The molecule has 1 fully saturated rings. The maximum Gasteiger partial charge on any atom is 0.182 e. The molecular weight excluding hydrogens is 432 g/mol. The molecule has 1 aliphatic heterocycles. The van der Waals surface area contributed by atoms with Gasteiger partial charge in [0.1, 0.15) is 5.82 Å². The minimum Gasteiger partial charge on any atom is -0.365 e. The lowest BCUT2D eigenvalue weighted by atomic mass is 10.0. The summed E-state index contributed by atoms with van der Waals surface area (Å²) in [6.45, 7) is 3.85. The summed E-state index contributed by atoms with van der Waals surface area (Å²) in [7, 11) is 4.00. The highest BCUT2D eigenvalue weighted by Crippen LogP contribution is 2.31. The summed E-state index contributed by atoms with van der Waals surface area (Å²) >= 11 is 1.62. The number of anilines is 2. The van der Waals surface area contributed by atoms with Crippen LogP contribution in [0.5, 0.6) is 0 Å². The van der Waals surface area contributed by atoms with E-state index in [0.29, 0.717) is 5.56 Å². The molecule has 1 N–H and O–H groups in total. The van der Waals surface area contributed by atoms with Crippen molar-refractivity contribution in [2.75, 3.05) is 50.5 Å². The van der Waals surface area contributed by atoms with Gasteiger partial charge in [-0.2, -0.15) is 0 Å². The van der Waals surface area contributed by atoms with E-state index in [0.717, 1.165) is 64.0 Å². The van der Waals surface area contributed by atoms with Crippen molar-refractivity contribution in [3.8, 4) is 10.4 Å². The molecule has 1 saturated heterocycles. The van der Waals surface area contributed by atoms with Gasteiger partial charge in [0.05, 0.1) is 11.3 Å². The SMILES string of the molecule is CNc1ncc(-c2ccc3cnc(CC(=O)c4ccnc(N5CCN(C)CC5)c4)cc3c2)s1. The van der Waals surface area contributed by atoms with Gasteiger partial charge in [0.15, 0.2) is 10.9 Å². The van der Waals surface area contributed by atoms with E-state index in [4.69, 9.17) is 0 Å². The molecule has 0 atom stereocenters. The fraction of sp³-hybridized carbons (Fsp3) is 0.280. The molecule has 7 nitrogen and oxygen atoms in total. The molecule has 0 unspecified atom stereocenters. The Morgan fingerprint density at radius 1 is 1.00 bits per heavy atom. The number of nitrogens with one attached hydrogen (secondary N) is 1. The molecule has 8 heteroatoms. The molecule has 0 aliphatic carbocycles. The monoisotopic (exact) mass is 458 g/mol. The van der Waals surface area contributed by atoms with E-state index < -0.39 is 0 Å². The van der Waals surface area contributed by atoms with Crippen molar-refractivity contribution in [2.45, 2.75) is 6.42 Å². The van der Waals surface area contributed by atoms with Gasteiger partial charge in [0.25, 0.3) is 0 Å². The summed E-state index contributed by atoms with van der Waals surface area (Å²) in [5, 5.41) is 6.08. The van der Waals surface area contributed by atoms with E-state index in [2.05, 4.69) is 55.3 Å². The van der Waals surface area contributed by atoms with Gasteiger partial charge in [-0.25, -0.2) is 9.97 Å². The fourth-order valence-corrected chi connectivity index (χ4v) is 4.79. The second-order valence-corrected chi connectivity index (χ2v) is 9.34. The predicted molar refractivity (Wildman–Crippen MR) is 134 cm³/mol. The van der Waals surface area contributed by atoms with Crippen molar-refractivity contribution in [3.05, 3.63) is 66.2 Å². The lowest BCUT2D eigenvalue weighted by Gasteiger charge is -2.33. The summed E-state index contributed by atoms with van der Waals surface area (Å²) in [4.78, 5) is 32.1. The molecule has 1 aromatic carbocycles. The molecular formula is C25H26N6OS. The quantitative estimate of drug-likeness (QED) is 0.438. The van der Waals surface area contributed by atoms with Crippen LogP contribution in [0, 0.1) is 0 Å². The van der Waals surface area contributed by atoms with Gasteiger partial charge in [0, 0.05) is 68.5 Å². The molecule has 33 heavy (non-hydrogen) atoms. The number of aromatic nitrogens is 3. The van der Waals surface area contributed by atoms with Gasteiger partial charge >= 0.3 is 0 Å². The predicted octanol–water partition coefficient (Wildman–Crippen LogP) is 3.97. The summed E-state index contributed by atoms with van der Waals surface area (Å²) < 4.78 is 0. The number of carbonyl (C=O) groups excluding carboxylic acids is 1. The minimum absolute atomic E-state index is 0.0527. The molecule has 0 radical (unpaired) electrons. The Labute approximate surface area is 197 Å². The van der Waals surface area contributed by atoms with Crippen molar-refractivity contribution < 1.29 is 4.79 Å². The minimum atomic E-state index is 0.0527. The third kappa shape index (κ3) is 4.72. The highest BCUT2D eigenvalue weighted by atomic mass is 32.1. The number of hydrogen-bond acceptors (Lipinski definition) is 8. The number of Topliss-reactive ketones (excluding diaryl/α,β-unsaturated/α-hetero) is 1. The maximum atomic E-state index is 13.1. The van der Waals surface area contributed by atoms with Crippen molar-refractivity contribution in [1.82, 2.24) is 19.9 Å². The average molecular weight is 459 g/mol. The number of benzene rings is 1. The lowest BCUT2D eigenvalue weighted by molar-refractivity contribution is 0.0992. The molecule has 0 amide bonds. The van der Waals surface area contributed by atoms with Crippen LogP contribution in [-0.4, -0.2) is 65.9 Å². The first-order chi connectivity index (χ1) is 16.1. The molecule has 3 aromatic heterocycles. The second kappa shape index (κ2) is 9.25. The van der Waals surface area contributed by atoms with Crippen molar-refractivity contribution in [2.24, 2.45) is 0 Å². The average Bonchev–Trinajstić information content (AvgIpc) is 3.34. The van der Waals surface area contributed by atoms with E-state index in [9.17, 15) is 4.79 Å². The summed E-state index contributed by atoms with van der Waals surface area (Å²) in [5.41, 5.74) is 2.55. The molecule has 4 aromatic rings. The lowest BCUT2D eigenvalue weighted by Crippen LogP contribution is -2.44. The van der Waals surface area contributed by atoms with Crippen LogP contribution in [0.4, 0.5) is 10.9 Å². The zero-order valence-electron chi connectivity index (χ0n) is 18.8. The van der Waals surface area contributed by atoms with E-state index >= 15 is 0 Å². The van der Waals surface area contributed by atoms with Crippen molar-refractivity contribution in [3.63, 3.8) is 0 Å². The van der Waals surface area contributed by atoms with Crippen LogP contribution in [0.2, 0.25) is 0 Å². The fourth-order valence-electron chi connectivity index (χ4n) is 4.03. The van der Waals surface area contributed by atoms with Gasteiger partial charge < -0.3 is 15.1 Å². The Kier molecular flexibility index (Phi) is 6.02. The zero-order valence-corrected chi connectivity index (χ0v) is 19.6. The highest BCUT2D eigenvalue weighted by molar-refractivity contribution is 7.18. The number of pyridine rings is 2. The first-order valence-electron chi connectivity index (χ1n) is 11.0. The Morgan fingerprint density at radius 2 is 1.85 bits per heavy atom. The summed E-state index contributed by atoms with van der Waals surface area (Å²) in [5.74, 6) is 0.924. The largest absolute Gasteiger partial charge is 0.365 e. The first-order valence-corrected chi connectivity index (χ1v) is 11.9. The van der Waals surface area contributed by atoms with E-state index in [1.807, 2.05) is 31.6 Å². The number of nitrogens with zero attached hydrogens (tertiary/aromatic N) is 5. The van der Waals surface area contributed by atoms with Crippen LogP contribution in [0.15, 0.2) is 55.0 Å². The summed E-state index contributed by atoms with van der Waals surface area (Å²) in [6, 6.07) is 12.0. The number of likely N-dealkylation sites (N-methyl/N-ethyl adjacent to an activating group) is 1. The van der Waals surface area contributed by atoms with Gasteiger partial charge in [-0.15, -0.1) is 0 Å². The third-order valence-corrected chi connectivity index (χ3v) is 7.08. The Hall–Kier alpha value is -3.36. The van der Waals surface area contributed by atoms with Crippen molar-refractivity contribution in [1.29, 1.82) is 0 Å². The summed E-state index contributed by atoms with van der Waals surface area (Å²) in [6.07, 6.45) is 5.71. The molecule has 4 heterocycles. The Balaban J connectivity index is 1.35.